The summed E-state index contributed by atoms with van der Waals surface area (Å²) in [6.07, 6.45) is 2.99. The monoisotopic (exact) mass is 233 g/mol. The molecular weight excluding hydrogens is 218 g/mol. The summed E-state index contributed by atoms with van der Waals surface area (Å²) in [7, 11) is 1.54. The molecule has 1 aromatic carbocycles. The molecule has 1 amide bonds. The summed E-state index contributed by atoms with van der Waals surface area (Å²) < 4.78 is 5.02. The van der Waals surface area contributed by atoms with E-state index in [4.69, 9.17) is 4.74 Å². The first-order valence-corrected chi connectivity index (χ1v) is 5.25. The van der Waals surface area contributed by atoms with Crippen molar-refractivity contribution in [2.45, 2.75) is 6.92 Å². The molecule has 0 heterocycles. The van der Waals surface area contributed by atoms with Gasteiger partial charge in [-0.2, -0.15) is 0 Å². The van der Waals surface area contributed by atoms with Gasteiger partial charge < -0.3 is 10.1 Å². The van der Waals surface area contributed by atoms with Gasteiger partial charge in [0, 0.05) is 5.56 Å². The van der Waals surface area contributed by atoms with Gasteiger partial charge in [-0.3, -0.25) is 9.59 Å². The molecule has 0 saturated carbocycles. The molecule has 0 bridgehead atoms. The molecule has 4 nitrogen and oxygen atoms in total. The number of rotatable bonds is 5. The fraction of sp³-hybridized carbons (Fsp3) is 0.231. The molecule has 0 unspecified atom stereocenters. The Morgan fingerprint density at radius 2 is 2.18 bits per heavy atom. The van der Waals surface area contributed by atoms with Gasteiger partial charge in [-0.25, -0.2) is 0 Å². The summed E-state index contributed by atoms with van der Waals surface area (Å²) in [6, 6.07) is 6.83. The van der Waals surface area contributed by atoms with Crippen LogP contribution in [0, 0.1) is 0 Å². The quantitative estimate of drug-likeness (QED) is 0.620. The van der Waals surface area contributed by atoms with Gasteiger partial charge in [-0.05, 0) is 25.1 Å². The minimum Gasteiger partial charge on any atom is -0.497 e. The molecule has 4 heteroatoms. The molecule has 0 fully saturated rings. The van der Waals surface area contributed by atoms with Gasteiger partial charge >= 0.3 is 0 Å². The van der Waals surface area contributed by atoms with Crippen LogP contribution in [0.3, 0.4) is 0 Å². The van der Waals surface area contributed by atoms with E-state index in [1.165, 1.54) is 13.2 Å². The van der Waals surface area contributed by atoms with Crippen LogP contribution in [0.4, 0.5) is 0 Å². The highest BCUT2D eigenvalue weighted by atomic mass is 16.5. The minimum atomic E-state index is -0.274. The van der Waals surface area contributed by atoms with E-state index in [1.807, 2.05) is 0 Å². The lowest BCUT2D eigenvalue weighted by Gasteiger charge is -2.04. The molecule has 0 aliphatic carbocycles. The van der Waals surface area contributed by atoms with Crippen LogP contribution < -0.4 is 10.1 Å². The van der Waals surface area contributed by atoms with E-state index in [2.05, 4.69) is 5.32 Å². The summed E-state index contributed by atoms with van der Waals surface area (Å²) in [5.41, 5.74) is 0.519. The average Bonchev–Trinajstić information content (AvgIpc) is 2.36. The molecular formula is C13H15NO3. The predicted molar refractivity (Wildman–Crippen MR) is 65.1 cm³/mol. The Morgan fingerprint density at radius 3 is 2.82 bits per heavy atom. The van der Waals surface area contributed by atoms with Crippen molar-refractivity contribution in [1.82, 2.24) is 5.32 Å². The Balaban J connectivity index is 2.60. The van der Waals surface area contributed by atoms with Crippen molar-refractivity contribution in [2.24, 2.45) is 0 Å². The zero-order valence-electron chi connectivity index (χ0n) is 9.90. The third-order valence-electron chi connectivity index (χ3n) is 2.13. The number of hydrogen-bond donors (Lipinski definition) is 1. The van der Waals surface area contributed by atoms with E-state index < -0.39 is 0 Å². The molecule has 1 N–H and O–H groups in total. The molecule has 0 aliphatic rings. The van der Waals surface area contributed by atoms with Crippen molar-refractivity contribution < 1.29 is 14.3 Å². The highest BCUT2D eigenvalue weighted by Crippen LogP contribution is 2.12. The third kappa shape index (κ3) is 4.10. The molecule has 17 heavy (non-hydrogen) atoms. The summed E-state index contributed by atoms with van der Waals surface area (Å²) in [5.74, 6) is 0.195. The number of allylic oxidation sites excluding steroid dienone is 1. The van der Waals surface area contributed by atoms with Crippen LogP contribution in [0.5, 0.6) is 5.75 Å². The lowest BCUT2D eigenvalue weighted by molar-refractivity contribution is -0.116. The predicted octanol–water partition coefficient (Wildman–Crippen LogP) is 1.57. The van der Waals surface area contributed by atoms with Crippen molar-refractivity contribution in [3.8, 4) is 5.75 Å². The van der Waals surface area contributed by atoms with Gasteiger partial charge in [0.1, 0.15) is 5.75 Å². The third-order valence-corrected chi connectivity index (χ3v) is 2.13. The van der Waals surface area contributed by atoms with E-state index in [-0.39, 0.29) is 18.2 Å². The Morgan fingerprint density at radius 1 is 1.41 bits per heavy atom. The van der Waals surface area contributed by atoms with Crippen LogP contribution in [0.25, 0.3) is 0 Å². The molecule has 0 spiro atoms. The van der Waals surface area contributed by atoms with Crippen molar-refractivity contribution in [3.05, 3.63) is 42.0 Å². The molecule has 90 valence electrons. The number of nitrogens with one attached hydrogen (secondary N) is 1. The second-order valence-electron chi connectivity index (χ2n) is 3.37. The van der Waals surface area contributed by atoms with Crippen molar-refractivity contribution in [1.29, 1.82) is 0 Å². The summed E-state index contributed by atoms with van der Waals surface area (Å²) in [6.45, 7) is 1.72. The number of benzene rings is 1. The zero-order chi connectivity index (χ0) is 12.7. The molecule has 0 radical (unpaired) electrons. The maximum absolute atomic E-state index is 11.7. The van der Waals surface area contributed by atoms with Crippen molar-refractivity contribution in [3.63, 3.8) is 0 Å². The maximum atomic E-state index is 11.7. The fourth-order valence-electron chi connectivity index (χ4n) is 1.28. The van der Waals surface area contributed by atoms with Gasteiger partial charge in [0.2, 0.25) is 5.91 Å². The van der Waals surface area contributed by atoms with Gasteiger partial charge in [-0.1, -0.05) is 18.2 Å². The smallest absolute Gasteiger partial charge is 0.244 e. The largest absolute Gasteiger partial charge is 0.497 e. The lowest BCUT2D eigenvalue weighted by atomic mass is 10.1. The highest BCUT2D eigenvalue weighted by Gasteiger charge is 2.07. The molecule has 0 atom stereocenters. The van der Waals surface area contributed by atoms with Crippen LogP contribution in [0.2, 0.25) is 0 Å². The van der Waals surface area contributed by atoms with Crippen molar-refractivity contribution in [2.75, 3.05) is 13.7 Å². The molecule has 0 aliphatic heterocycles. The standard InChI is InChI=1S/C13H15NO3/c1-3-5-13(16)14-9-12(15)10-6-4-7-11(8-10)17-2/h3-8H,9H2,1-2H3,(H,14,16)/b5-3+. The van der Waals surface area contributed by atoms with E-state index >= 15 is 0 Å². The molecule has 1 rings (SSSR count). The van der Waals surface area contributed by atoms with E-state index in [0.717, 1.165) is 0 Å². The van der Waals surface area contributed by atoms with Gasteiger partial charge in [0.25, 0.3) is 0 Å². The van der Waals surface area contributed by atoms with Gasteiger partial charge in [0.05, 0.1) is 13.7 Å². The number of carbonyl (C=O) groups is 2. The maximum Gasteiger partial charge on any atom is 0.244 e. The first-order valence-electron chi connectivity index (χ1n) is 5.25. The number of methoxy groups -OCH3 is 1. The normalized spacial score (nSPS) is 10.2. The van der Waals surface area contributed by atoms with Crippen LogP contribution in [-0.2, 0) is 4.79 Å². The van der Waals surface area contributed by atoms with Crippen LogP contribution in [0.1, 0.15) is 17.3 Å². The molecule has 0 saturated heterocycles. The number of amides is 1. The molecule has 1 aromatic rings. The van der Waals surface area contributed by atoms with Gasteiger partial charge in [0.15, 0.2) is 5.78 Å². The average molecular weight is 233 g/mol. The lowest BCUT2D eigenvalue weighted by Crippen LogP contribution is -2.27. The fourth-order valence-corrected chi connectivity index (χ4v) is 1.28. The Bertz CT molecular complexity index is 438. The Labute approximate surface area is 100 Å². The van der Waals surface area contributed by atoms with Crippen LogP contribution in [-0.4, -0.2) is 25.3 Å². The number of ether oxygens (including phenoxy) is 1. The zero-order valence-corrected chi connectivity index (χ0v) is 9.90. The molecule has 0 aromatic heterocycles. The first kappa shape index (κ1) is 13.0. The van der Waals surface area contributed by atoms with E-state index in [0.29, 0.717) is 11.3 Å². The second-order valence-corrected chi connectivity index (χ2v) is 3.37. The SMILES string of the molecule is C/C=C/C(=O)NCC(=O)c1cccc(OC)c1. The van der Waals surface area contributed by atoms with Crippen LogP contribution in [0.15, 0.2) is 36.4 Å². The second kappa shape index (κ2) is 6.48. The van der Waals surface area contributed by atoms with Gasteiger partial charge in [-0.15, -0.1) is 0 Å². The highest BCUT2D eigenvalue weighted by molar-refractivity contribution is 6.00. The van der Waals surface area contributed by atoms with E-state index in [9.17, 15) is 9.59 Å². The Kier molecular flexibility index (Phi) is 4.94. The minimum absolute atomic E-state index is 0.0175. The van der Waals surface area contributed by atoms with Crippen LogP contribution >= 0.6 is 0 Å². The summed E-state index contributed by atoms with van der Waals surface area (Å²) >= 11 is 0. The number of hydrogen-bond acceptors (Lipinski definition) is 3. The number of ketones is 1. The first-order chi connectivity index (χ1) is 8.17. The summed E-state index contributed by atoms with van der Waals surface area (Å²) in [4.78, 5) is 22.9. The number of carbonyl (C=O) groups excluding carboxylic acids is 2. The van der Waals surface area contributed by atoms with E-state index in [1.54, 1.807) is 37.3 Å². The number of Topliss-reactive ketones (excluding diaryl/α,β-unsaturated/α-hetero) is 1. The Hall–Kier alpha value is -2.10. The summed E-state index contributed by atoms with van der Waals surface area (Å²) in [5, 5.41) is 2.50. The topological polar surface area (TPSA) is 55.4 Å². The van der Waals surface area contributed by atoms with Crippen molar-refractivity contribution >= 4 is 11.7 Å².